The number of aromatic nitrogens is 2. The summed E-state index contributed by atoms with van der Waals surface area (Å²) in [4.78, 5) is 7.09. The van der Waals surface area contributed by atoms with Crippen LogP contribution in [0.4, 0.5) is 5.82 Å². The topological polar surface area (TPSA) is 40.7 Å². The molecule has 0 atom stereocenters. The van der Waals surface area contributed by atoms with Gasteiger partial charge in [0.1, 0.15) is 5.82 Å². The number of aryl methyl sites for hydroxylation is 1. The molecule has 0 aliphatic heterocycles. The maximum absolute atomic E-state index is 4.09. The summed E-state index contributed by atoms with van der Waals surface area (Å²) in [5.74, 6) is 0.954. The number of hydrogen-bond acceptors (Lipinski definition) is 2. The fourth-order valence-corrected chi connectivity index (χ4v) is 0.778. The van der Waals surface area contributed by atoms with Crippen molar-refractivity contribution in [2.24, 2.45) is 0 Å². The number of nitrogens with one attached hydrogen (secondary N) is 2. The molecule has 56 valence electrons. The third kappa shape index (κ3) is 1.50. The highest BCUT2D eigenvalue weighted by Gasteiger charge is 1.99. The first kappa shape index (κ1) is 7.12. The van der Waals surface area contributed by atoms with Gasteiger partial charge in [0.25, 0.3) is 0 Å². The van der Waals surface area contributed by atoms with Crippen LogP contribution in [0.25, 0.3) is 0 Å². The normalized spacial score (nSPS) is 10.4. The zero-order chi connectivity index (χ0) is 7.56. The molecule has 3 heteroatoms. The van der Waals surface area contributed by atoms with E-state index in [1.54, 1.807) is 6.33 Å². The molecular formula is C7H13N3. The molecule has 0 aliphatic carbocycles. The zero-order valence-corrected chi connectivity index (χ0v) is 6.60. The van der Waals surface area contributed by atoms with Crippen molar-refractivity contribution in [2.45, 2.75) is 26.8 Å². The van der Waals surface area contributed by atoms with Crippen molar-refractivity contribution in [1.82, 2.24) is 9.97 Å². The van der Waals surface area contributed by atoms with Gasteiger partial charge in [-0.3, -0.25) is 0 Å². The van der Waals surface area contributed by atoms with Crippen molar-refractivity contribution in [3.63, 3.8) is 0 Å². The standard InChI is InChI=1S/C7H13N3/c1-5(2)10-7-6(3)8-4-9-7/h4-5,10H,1-3H3,(H,8,9). The Labute approximate surface area is 60.9 Å². The molecule has 0 unspecified atom stereocenters. The fraction of sp³-hybridized carbons (Fsp3) is 0.571. The van der Waals surface area contributed by atoms with Gasteiger partial charge in [-0.25, -0.2) is 4.98 Å². The molecule has 0 saturated carbocycles. The van der Waals surface area contributed by atoms with E-state index in [0.29, 0.717) is 6.04 Å². The van der Waals surface area contributed by atoms with Gasteiger partial charge in [-0.2, -0.15) is 0 Å². The molecule has 1 aromatic heterocycles. The lowest BCUT2D eigenvalue weighted by Crippen LogP contribution is -2.10. The molecule has 2 N–H and O–H groups in total. The fourth-order valence-electron chi connectivity index (χ4n) is 0.778. The van der Waals surface area contributed by atoms with Gasteiger partial charge in [-0.15, -0.1) is 0 Å². The van der Waals surface area contributed by atoms with E-state index in [-0.39, 0.29) is 0 Å². The molecule has 0 bridgehead atoms. The molecule has 10 heavy (non-hydrogen) atoms. The molecule has 0 spiro atoms. The van der Waals surface area contributed by atoms with Crippen LogP contribution in [0.5, 0.6) is 0 Å². The monoisotopic (exact) mass is 139 g/mol. The van der Waals surface area contributed by atoms with Gasteiger partial charge >= 0.3 is 0 Å². The summed E-state index contributed by atoms with van der Waals surface area (Å²) in [6.07, 6.45) is 1.69. The number of hydrogen-bond donors (Lipinski definition) is 2. The molecule has 0 aliphatic rings. The molecule has 0 saturated heterocycles. The lowest BCUT2D eigenvalue weighted by atomic mass is 10.4. The van der Waals surface area contributed by atoms with Crippen LogP contribution in [0.1, 0.15) is 19.5 Å². The molecule has 1 rings (SSSR count). The van der Waals surface area contributed by atoms with Crippen molar-refractivity contribution < 1.29 is 0 Å². The Morgan fingerprint density at radius 2 is 2.30 bits per heavy atom. The van der Waals surface area contributed by atoms with Crippen molar-refractivity contribution in [3.8, 4) is 0 Å². The van der Waals surface area contributed by atoms with E-state index < -0.39 is 0 Å². The minimum Gasteiger partial charge on any atom is -0.366 e. The van der Waals surface area contributed by atoms with Crippen LogP contribution >= 0.6 is 0 Å². The van der Waals surface area contributed by atoms with Crippen LogP contribution < -0.4 is 5.32 Å². The summed E-state index contributed by atoms with van der Waals surface area (Å²) in [5, 5.41) is 3.21. The quantitative estimate of drug-likeness (QED) is 0.652. The van der Waals surface area contributed by atoms with E-state index in [4.69, 9.17) is 0 Å². The zero-order valence-electron chi connectivity index (χ0n) is 6.60. The first-order chi connectivity index (χ1) is 4.70. The highest BCUT2D eigenvalue weighted by atomic mass is 15.1. The van der Waals surface area contributed by atoms with Gasteiger partial charge in [0.05, 0.1) is 12.0 Å². The molecule has 0 fully saturated rings. The molecule has 1 heterocycles. The van der Waals surface area contributed by atoms with Crippen LogP contribution in [0.15, 0.2) is 6.33 Å². The largest absolute Gasteiger partial charge is 0.366 e. The summed E-state index contributed by atoms with van der Waals surface area (Å²) in [5.41, 5.74) is 1.09. The third-order valence-electron chi connectivity index (χ3n) is 1.26. The Kier molecular flexibility index (Phi) is 1.94. The van der Waals surface area contributed by atoms with Crippen LogP contribution in [0.2, 0.25) is 0 Å². The van der Waals surface area contributed by atoms with Crippen LogP contribution in [-0.2, 0) is 0 Å². The number of rotatable bonds is 2. The van der Waals surface area contributed by atoms with E-state index in [9.17, 15) is 0 Å². The summed E-state index contributed by atoms with van der Waals surface area (Å²) in [6, 6.07) is 0.446. The summed E-state index contributed by atoms with van der Waals surface area (Å²) >= 11 is 0. The predicted molar refractivity (Wildman–Crippen MR) is 42.1 cm³/mol. The summed E-state index contributed by atoms with van der Waals surface area (Å²) in [6.45, 7) is 6.18. The minimum atomic E-state index is 0.446. The average molecular weight is 139 g/mol. The highest BCUT2D eigenvalue weighted by Crippen LogP contribution is 2.07. The maximum atomic E-state index is 4.09. The lowest BCUT2D eigenvalue weighted by molar-refractivity contribution is 0.889. The molecule has 0 radical (unpaired) electrons. The Morgan fingerprint density at radius 1 is 1.60 bits per heavy atom. The smallest absolute Gasteiger partial charge is 0.147 e. The van der Waals surface area contributed by atoms with Gasteiger partial charge in [0, 0.05) is 6.04 Å². The van der Waals surface area contributed by atoms with Gasteiger partial charge in [0.15, 0.2) is 0 Å². The average Bonchev–Trinajstić information content (AvgIpc) is 2.15. The molecule has 1 aromatic rings. The molecule has 0 amide bonds. The van der Waals surface area contributed by atoms with Crippen molar-refractivity contribution in [2.75, 3.05) is 5.32 Å². The third-order valence-corrected chi connectivity index (χ3v) is 1.26. The second kappa shape index (κ2) is 2.73. The van der Waals surface area contributed by atoms with Gasteiger partial charge in [0.2, 0.25) is 0 Å². The number of nitrogens with zero attached hydrogens (tertiary/aromatic N) is 1. The van der Waals surface area contributed by atoms with E-state index >= 15 is 0 Å². The summed E-state index contributed by atoms with van der Waals surface area (Å²) < 4.78 is 0. The Balaban J connectivity index is 2.65. The SMILES string of the molecule is Cc1[nH]cnc1NC(C)C. The summed E-state index contributed by atoms with van der Waals surface area (Å²) in [7, 11) is 0. The number of aromatic amines is 1. The Morgan fingerprint density at radius 3 is 2.70 bits per heavy atom. The first-order valence-electron chi connectivity index (χ1n) is 3.46. The second-order valence-electron chi connectivity index (χ2n) is 2.68. The molecular weight excluding hydrogens is 126 g/mol. The maximum Gasteiger partial charge on any atom is 0.147 e. The number of anilines is 1. The molecule has 3 nitrogen and oxygen atoms in total. The molecule has 0 aromatic carbocycles. The number of imidazole rings is 1. The van der Waals surface area contributed by atoms with Crippen LogP contribution in [-0.4, -0.2) is 16.0 Å². The van der Waals surface area contributed by atoms with E-state index in [2.05, 4.69) is 29.1 Å². The van der Waals surface area contributed by atoms with E-state index in [1.807, 2.05) is 6.92 Å². The first-order valence-corrected chi connectivity index (χ1v) is 3.46. The highest BCUT2D eigenvalue weighted by molar-refractivity contribution is 5.39. The Bertz CT molecular complexity index is 202. The Hall–Kier alpha value is -0.990. The van der Waals surface area contributed by atoms with Crippen LogP contribution in [0, 0.1) is 6.92 Å². The predicted octanol–water partition coefficient (Wildman–Crippen LogP) is 1.54. The van der Waals surface area contributed by atoms with E-state index in [1.165, 1.54) is 0 Å². The van der Waals surface area contributed by atoms with Crippen molar-refractivity contribution in [3.05, 3.63) is 12.0 Å². The van der Waals surface area contributed by atoms with Crippen molar-refractivity contribution >= 4 is 5.82 Å². The van der Waals surface area contributed by atoms with Crippen LogP contribution in [0.3, 0.4) is 0 Å². The number of H-pyrrole nitrogens is 1. The second-order valence-corrected chi connectivity index (χ2v) is 2.68. The van der Waals surface area contributed by atoms with Gasteiger partial charge in [-0.1, -0.05) is 0 Å². The van der Waals surface area contributed by atoms with Crippen molar-refractivity contribution in [1.29, 1.82) is 0 Å². The van der Waals surface area contributed by atoms with Gasteiger partial charge < -0.3 is 10.3 Å². The van der Waals surface area contributed by atoms with E-state index in [0.717, 1.165) is 11.5 Å². The van der Waals surface area contributed by atoms with Gasteiger partial charge in [-0.05, 0) is 20.8 Å². The lowest BCUT2D eigenvalue weighted by Gasteiger charge is -2.06. The minimum absolute atomic E-state index is 0.446.